The molecule has 0 radical (unpaired) electrons. The van der Waals surface area contributed by atoms with E-state index in [1.54, 1.807) is 0 Å². The third-order valence-corrected chi connectivity index (χ3v) is 4.16. The van der Waals surface area contributed by atoms with Gasteiger partial charge in [-0.1, -0.05) is 19.3 Å². The minimum absolute atomic E-state index is 0.0525. The van der Waals surface area contributed by atoms with Crippen LogP contribution in [-0.4, -0.2) is 33.8 Å². The van der Waals surface area contributed by atoms with Gasteiger partial charge in [-0.25, -0.2) is 0 Å². The van der Waals surface area contributed by atoms with Gasteiger partial charge in [0.25, 0.3) is 0 Å². The molecule has 6 nitrogen and oxygen atoms in total. The van der Waals surface area contributed by atoms with E-state index in [1.807, 2.05) is 6.92 Å². The Labute approximate surface area is 113 Å². The van der Waals surface area contributed by atoms with E-state index >= 15 is 0 Å². The molecule has 1 aromatic heterocycles. The maximum absolute atomic E-state index is 11.2. The molecule has 0 spiro atoms. The van der Waals surface area contributed by atoms with Crippen LogP contribution >= 0.6 is 0 Å². The first-order valence-electron chi connectivity index (χ1n) is 7.17. The van der Waals surface area contributed by atoms with E-state index in [4.69, 9.17) is 0 Å². The van der Waals surface area contributed by atoms with Crippen LogP contribution in [0.25, 0.3) is 0 Å². The SMILES string of the molecule is Cc1nnc(C2CNC(=O)CN2)n1C1CCCCC1. The Morgan fingerprint density at radius 1 is 1.21 bits per heavy atom. The fraction of sp³-hybridized carbons (Fsp3) is 0.769. The zero-order valence-electron chi connectivity index (χ0n) is 11.4. The smallest absolute Gasteiger partial charge is 0.234 e. The predicted octanol–water partition coefficient (Wildman–Crippen LogP) is 0.852. The molecular weight excluding hydrogens is 242 g/mol. The first-order valence-corrected chi connectivity index (χ1v) is 7.17. The van der Waals surface area contributed by atoms with Crippen LogP contribution in [-0.2, 0) is 4.79 Å². The number of amides is 1. The van der Waals surface area contributed by atoms with Crippen molar-refractivity contribution < 1.29 is 4.79 Å². The first-order chi connectivity index (χ1) is 9.25. The average Bonchev–Trinajstić information content (AvgIpc) is 2.82. The Morgan fingerprint density at radius 2 is 2.00 bits per heavy atom. The Morgan fingerprint density at radius 3 is 2.68 bits per heavy atom. The van der Waals surface area contributed by atoms with Gasteiger partial charge in [-0.15, -0.1) is 10.2 Å². The van der Waals surface area contributed by atoms with Crippen LogP contribution in [0.4, 0.5) is 0 Å². The zero-order valence-corrected chi connectivity index (χ0v) is 11.4. The second-order valence-corrected chi connectivity index (χ2v) is 5.50. The number of nitrogens with zero attached hydrogens (tertiary/aromatic N) is 3. The first kappa shape index (κ1) is 12.6. The van der Waals surface area contributed by atoms with Crippen LogP contribution in [0.15, 0.2) is 0 Å². The fourth-order valence-electron chi connectivity index (χ4n) is 3.16. The lowest BCUT2D eigenvalue weighted by Gasteiger charge is -2.29. The molecule has 1 aromatic rings. The highest BCUT2D eigenvalue weighted by Gasteiger charge is 2.28. The Balaban J connectivity index is 1.83. The third kappa shape index (κ3) is 2.49. The normalized spacial score (nSPS) is 25.3. The molecule has 3 rings (SSSR count). The fourth-order valence-corrected chi connectivity index (χ4v) is 3.16. The van der Waals surface area contributed by atoms with Gasteiger partial charge < -0.3 is 9.88 Å². The van der Waals surface area contributed by atoms with Crippen LogP contribution in [0.3, 0.4) is 0 Å². The number of nitrogens with one attached hydrogen (secondary N) is 2. The molecular formula is C13H21N5O. The average molecular weight is 263 g/mol. The van der Waals surface area contributed by atoms with E-state index in [0.29, 0.717) is 19.1 Å². The molecule has 1 saturated heterocycles. The topological polar surface area (TPSA) is 71.8 Å². The summed E-state index contributed by atoms with van der Waals surface area (Å²) < 4.78 is 2.29. The van der Waals surface area contributed by atoms with Gasteiger partial charge in [0, 0.05) is 12.6 Å². The maximum Gasteiger partial charge on any atom is 0.234 e. The molecule has 0 aromatic carbocycles. The second kappa shape index (κ2) is 5.28. The summed E-state index contributed by atoms with van der Waals surface area (Å²) in [6, 6.07) is 0.610. The molecule has 1 amide bonds. The van der Waals surface area contributed by atoms with Crippen molar-refractivity contribution in [2.75, 3.05) is 13.1 Å². The summed E-state index contributed by atoms with van der Waals surface area (Å²) in [6.07, 6.45) is 6.34. The van der Waals surface area contributed by atoms with Gasteiger partial charge in [0.1, 0.15) is 5.82 Å². The summed E-state index contributed by atoms with van der Waals surface area (Å²) >= 11 is 0. The Hall–Kier alpha value is -1.43. The van der Waals surface area contributed by atoms with Crippen LogP contribution in [0.5, 0.6) is 0 Å². The number of hydrogen-bond donors (Lipinski definition) is 2. The van der Waals surface area contributed by atoms with E-state index in [2.05, 4.69) is 25.4 Å². The van der Waals surface area contributed by atoms with E-state index in [-0.39, 0.29) is 11.9 Å². The van der Waals surface area contributed by atoms with Crippen molar-refractivity contribution in [2.24, 2.45) is 0 Å². The predicted molar refractivity (Wildman–Crippen MR) is 70.6 cm³/mol. The molecule has 2 heterocycles. The highest BCUT2D eigenvalue weighted by Crippen LogP contribution is 2.31. The summed E-state index contributed by atoms with van der Waals surface area (Å²) in [5.74, 6) is 2.02. The number of carbonyl (C=O) groups is 1. The molecule has 0 bridgehead atoms. The molecule has 1 saturated carbocycles. The number of carbonyl (C=O) groups excluding carboxylic acids is 1. The van der Waals surface area contributed by atoms with Crippen LogP contribution in [0.2, 0.25) is 0 Å². The lowest BCUT2D eigenvalue weighted by molar-refractivity contribution is -0.121. The molecule has 1 atom stereocenters. The molecule has 6 heteroatoms. The monoisotopic (exact) mass is 263 g/mol. The highest BCUT2D eigenvalue weighted by atomic mass is 16.2. The summed E-state index contributed by atoms with van der Waals surface area (Å²) in [7, 11) is 0. The Kier molecular flexibility index (Phi) is 3.50. The summed E-state index contributed by atoms with van der Waals surface area (Å²) in [5.41, 5.74) is 0. The molecule has 19 heavy (non-hydrogen) atoms. The number of aromatic nitrogens is 3. The van der Waals surface area contributed by atoms with Crippen LogP contribution in [0.1, 0.15) is 55.8 Å². The summed E-state index contributed by atoms with van der Waals surface area (Å²) in [6.45, 7) is 2.98. The molecule has 1 aliphatic heterocycles. The van der Waals surface area contributed by atoms with E-state index in [9.17, 15) is 4.79 Å². The third-order valence-electron chi connectivity index (χ3n) is 4.16. The number of aryl methyl sites for hydroxylation is 1. The van der Waals surface area contributed by atoms with Crippen molar-refractivity contribution in [3.63, 3.8) is 0 Å². The molecule has 104 valence electrons. The minimum atomic E-state index is 0.0525. The van der Waals surface area contributed by atoms with Gasteiger partial charge in [-0.05, 0) is 19.8 Å². The van der Waals surface area contributed by atoms with E-state index < -0.39 is 0 Å². The van der Waals surface area contributed by atoms with Crippen LogP contribution < -0.4 is 10.6 Å². The Bertz CT molecular complexity index is 454. The molecule has 1 unspecified atom stereocenters. The van der Waals surface area contributed by atoms with Gasteiger partial charge in [-0.3, -0.25) is 10.1 Å². The van der Waals surface area contributed by atoms with Crippen molar-refractivity contribution >= 4 is 5.91 Å². The van der Waals surface area contributed by atoms with Gasteiger partial charge >= 0.3 is 0 Å². The highest BCUT2D eigenvalue weighted by molar-refractivity contribution is 5.78. The number of hydrogen-bond acceptors (Lipinski definition) is 4. The number of rotatable bonds is 2. The molecule has 1 aliphatic carbocycles. The minimum Gasteiger partial charge on any atom is -0.353 e. The van der Waals surface area contributed by atoms with Gasteiger partial charge in [0.2, 0.25) is 5.91 Å². The van der Waals surface area contributed by atoms with Gasteiger partial charge in [0.05, 0.1) is 12.6 Å². The zero-order chi connectivity index (χ0) is 13.2. The largest absolute Gasteiger partial charge is 0.353 e. The maximum atomic E-state index is 11.2. The van der Waals surface area contributed by atoms with E-state index in [0.717, 1.165) is 11.6 Å². The lowest BCUT2D eigenvalue weighted by Crippen LogP contribution is -2.47. The van der Waals surface area contributed by atoms with Crippen molar-refractivity contribution in [1.82, 2.24) is 25.4 Å². The van der Waals surface area contributed by atoms with Crippen molar-refractivity contribution in [3.05, 3.63) is 11.6 Å². The quantitative estimate of drug-likeness (QED) is 0.830. The standard InChI is InChI=1S/C13H21N5O/c1-9-16-17-13(11-7-15-12(19)8-14-11)18(9)10-5-3-2-4-6-10/h10-11,14H,2-8H2,1H3,(H,15,19). The summed E-state index contributed by atoms with van der Waals surface area (Å²) in [4.78, 5) is 11.2. The second-order valence-electron chi connectivity index (χ2n) is 5.50. The molecule has 2 N–H and O–H groups in total. The van der Waals surface area contributed by atoms with Crippen molar-refractivity contribution in [1.29, 1.82) is 0 Å². The van der Waals surface area contributed by atoms with Gasteiger partial charge in [0.15, 0.2) is 5.82 Å². The van der Waals surface area contributed by atoms with Crippen molar-refractivity contribution in [3.8, 4) is 0 Å². The molecule has 2 fully saturated rings. The lowest BCUT2D eigenvalue weighted by atomic mass is 9.95. The van der Waals surface area contributed by atoms with Crippen molar-refractivity contribution in [2.45, 2.75) is 51.1 Å². The van der Waals surface area contributed by atoms with Crippen LogP contribution in [0, 0.1) is 6.92 Å². The molecule has 2 aliphatic rings. The van der Waals surface area contributed by atoms with Gasteiger partial charge in [-0.2, -0.15) is 0 Å². The van der Waals surface area contributed by atoms with E-state index in [1.165, 1.54) is 32.1 Å². The summed E-state index contributed by atoms with van der Waals surface area (Å²) in [5, 5.41) is 14.7. The number of piperazine rings is 1.